The normalized spacial score (nSPS) is 11.6. The van der Waals surface area contributed by atoms with Crippen LogP contribution in [-0.2, 0) is 4.79 Å². The van der Waals surface area contributed by atoms with E-state index in [2.05, 4.69) is 30.9 Å². The van der Waals surface area contributed by atoms with Crippen molar-refractivity contribution in [2.75, 3.05) is 13.1 Å². The fourth-order valence-electron chi connectivity index (χ4n) is 3.59. The van der Waals surface area contributed by atoms with Gasteiger partial charge in [0, 0.05) is 18.7 Å². The minimum atomic E-state index is 0.214. The van der Waals surface area contributed by atoms with Crippen molar-refractivity contribution in [3.63, 3.8) is 0 Å². The molecule has 0 saturated carbocycles. The van der Waals surface area contributed by atoms with Crippen LogP contribution in [0.5, 0.6) is 0 Å². The zero-order chi connectivity index (χ0) is 20.5. The molecule has 2 heteroatoms. The Balaban J connectivity index is 2.54. The molecular formula is C26H43NO. The molecule has 0 unspecified atom stereocenters. The lowest BCUT2D eigenvalue weighted by molar-refractivity contribution is -0.127. The van der Waals surface area contributed by atoms with Crippen LogP contribution in [0.3, 0.4) is 0 Å². The first-order valence-corrected chi connectivity index (χ1v) is 11.7. The Kier molecular flexibility index (Phi) is 14.3. The van der Waals surface area contributed by atoms with Crippen molar-refractivity contribution in [2.45, 2.75) is 97.8 Å². The molecule has 0 aliphatic rings. The highest BCUT2D eigenvalue weighted by atomic mass is 16.2. The van der Waals surface area contributed by atoms with E-state index in [9.17, 15) is 4.79 Å². The van der Waals surface area contributed by atoms with Gasteiger partial charge in [-0.05, 0) is 31.4 Å². The van der Waals surface area contributed by atoms with Crippen molar-refractivity contribution in [1.29, 1.82) is 0 Å². The second kappa shape index (κ2) is 16.4. The van der Waals surface area contributed by atoms with E-state index in [0.29, 0.717) is 0 Å². The van der Waals surface area contributed by atoms with Gasteiger partial charge in [-0.25, -0.2) is 0 Å². The lowest BCUT2D eigenvalue weighted by atomic mass is 10.1. The monoisotopic (exact) mass is 385 g/mol. The molecule has 0 saturated heterocycles. The molecule has 158 valence electrons. The third kappa shape index (κ3) is 11.3. The van der Waals surface area contributed by atoms with Crippen LogP contribution in [0, 0.1) is 0 Å². The van der Waals surface area contributed by atoms with E-state index in [0.717, 1.165) is 37.1 Å². The molecule has 0 fully saturated rings. The average molecular weight is 386 g/mol. The van der Waals surface area contributed by atoms with Crippen molar-refractivity contribution in [1.82, 2.24) is 4.90 Å². The molecular weight excluding hydrogens is 342 g/mol. The quantitative estimate of drug-likeness (QED) is 0.211. The number of unbranched alkanes of at least 4 members (excludes halogenated alkanes) is 10. The zero-order valence-electron chi connectivity index (χ0n) is 18.7. The van der Waals surface area contributed by atoms with E-state index >= 15 is 0 Å². The number of nitrogens with zero attached hydrogens (tertiary/aromatic N) is 1. The summed E-state index contributed by atoms with van der Waals surface area (Å²) < 4.78 is 0. The van der Waals surface area contributed by atoms with Gasteiger partial charge in [0.1, 0.15) is 0 Å². The summed E-state index contributed by atoms with van der Waals surface area (Å²) in [6.07, 6.45) is 17.2. The maximum Gasteiger partial charge on any atom is 0.249 e. The summed E-state index contributed by atoms with van der Waals surface area (Å²) in [7, 11) is 0. The highest BCUT2D eigenvalue weighted by Gasteiger charge is 2.14. The molecule has 0 radical (unpaired) electrons. The molecule has 1 rings (SSSR count). The summed E-state index contributed by atoms with van der Waals surface area (Å²) in [5, 5.41) is 0. The van der Waals surface area contributed by atoms with Crippen molar-refractivity contribution in [3.8, 4) is 0 Å². The predicted molar refractivity (Wildman–Crippen MR) is 123 cm³/mol. The van der Waals surface area contributed by atoms with Gasteiger partial charge in [-0.15, -0.1) is 0 Å². The average Bonchev–Trinajstić information content (AvgIpc) is 2.71. The van der Waals surface area contributed by atoms with E-state index in [1.54, 1.807) is 0 Å². The molecule has 0 aromatic heterocycles. The van der Waals surface area contributed by atoms with Gasteiger partial charge in [-0.1, -0.05) is 108 Å². The number of amides is 1. The van der Waals surface area contributed by atoms with Crippen LogP contribution >= 0.6 is 0 Å². The molecule has 0 aliphatic heterocycles. The maximum atomic E-state index is 13.0. The van der Waals surface area contributed by atoms with E-state index in [4.69, 9.17) is 0 Å². The molecule has 0 bridgehead atoms. The van der Waals surface area contributed by atoms with Crippen LogP contribution in [-0.4, -0.2) is 23.9 Å². The molecule has 1 amide bonds. The number of rotatable bonds is 16. The summed E-state index contributed by atoms with van der Waals surface area (Å²) >= 11 is 0. The summed E-state index contributed by atoms with van der Waals surface area (Å²) in [4.78, 5) is 15.1. The summed E-state index contributed by atoms with van der Waals surface area (Å²) in [5.74, 6) is 0.214. The number of hydrogen-bond acceptors (Lipinski definition) is 1. The maximum absolute atomic E-state index is 13.0. The Morgan fingerprint density at radius 1 is 0.750 bits per heavy atom. The van der Waals surface area contributed by atoms with Gasteiger partial charge in [0.15, 0.2) is 0 Å². The van der Waals surface area contributed by atoms with E-state index in [-0.39, 0.29) is 5.91 Å². The lowest BCUT2D eigenvalue weighted by Crippen LogP contribution is -2.33. The van der Waals surface area contributed by atoms with Gasteiger partial charge in [-0.3, -0.25) is 4.79 Å². The molecule has 2 nitrogen and oxygen atoms in total. The smallest absolute Gasteiger partial charge is 0.249 e. The van der Waals surface area contributed by atoms with Crippen molar-refractivity contribution < 1.29 is 4.79 Å². The Hall–Kier alpha value is -1.57. The molecule has 1 aromatic rings. The fourth-order valence-corrected chi connectivity index (χ4v) is 3.59. The first-order chi connectivity index (χ1) is 13.7. The predicted octanol–water partition coefficient (Wildman–Crippen LogP) is 7.64. The Bertz CT molecular complexity index is 519. The van der Waals surface area contributed by atoms with Crippen molar-refractivity contribution >= 4 is 12.0 Å². The molecule has 0 spiro atoms. The fraction of sp³-hybridized carbons (Fsp3) is 0.654. The number of carbonyl (C=O) groups excluding carboxylic acids is 1. The van der Waals surface area contributed by atoms with Crippen LogP contribution in [0.15, 0.2) is 35.9 Å². The minimum absolute atomic E-state index is 0.214. The van der Waals surface area contributed by atoms with Crippen LogP contribution in [0.25, 0.3) is 6.08 Å². The molecule has 0 atom stereocenters. The second-order valence-corrected chi connectivity index (χ2v) is 8.07. The number of hydrogen-bond donors (Lipinski definition) is 0. The molecule has 0 aliphatic carbocycles. The first kappa shape index (κ1) is 24.5. The van der Waals surface area contributed by atoms with Gasteiger partial charge in [0.2, 0.25) is 5.91 Å². The van der Waals surface area contributed by atoms with Gasteiger partial charge in [0.25, 0.3) is 0 Å². The number of benzene rings is 1. The molecule has 1 aromatic carbocycles. The van der Waals surface area contributed by atoms with Gasteiger partial charge in [-0.2, -0.15) is 0 Å². The largest absolute Gasteiger partial charge is 0.339 e. The molecule has 0 heterocycles. The van der Waals surface area contributed by atoms with E-state index in [1.165, 1.54) is 64.2 Å². The minimum Gasteiger partial charge on any atom is -0.339 e. The summed E-state index contributed by atoms with van der Waals surface area (Å²) in [6.45, 7) is 8.27. The van der Waals surface area contributed by atoms with E-state index < -0.39 is 0 Å². The molecule has 28 heavy (non-hydrogen) atoms. The van der Waals surface area contributed by atoms with Crippen LogP contribution in [0.1, 0.15) is 103 Å². The van der Waals surface area contributed by atoms with Crippen molar-refractivity contribution in [2.24, 2.45) is 0 Å². The highest BCUT2D eigenvalue weighted by molar-refractivity contribution is 5.97. The van der Waals surface area contributed by atoms with Crippen LogP contribution < -0.4 is 0 Å². The van der Waals surface area contributed by atoms with Crippen LogP contribution in [0.4, 0.5) is 0 Å². The Morgan fingerprint density at radius 2 is 1.21 bits per heavy atom. The summed E-state index contributed by atoms with van der Waals surface area (Å²) in [5.41, 5.74) is 1.95. The Labute approximate surface area is 174 Å². The third-order valence-corrected chi connectivity index (χ3v) is 5.37. The lowest BCUT2D eigenvalue weighted by Gasteiger charge is -2.23. The SMILES string of the molecule is CCCCCCCCN(CCCCCCCC)C(=O)C(C)=Cc1ccccc1. The first-order valence-electron chi connectivity index (χ1n) is 11.7. The third-order valence-electron chi connectivity index (χ3n) is 5.37. The van der Waals surface area contributed by atoms with Gasteiger partial charge in [0.05, 0.1) is 0 Å². The molecule has 0 N–H and O–H groups in total. The van der Waals surface area contributed by atoms with Crippen molar-refractivity contribution in [3.05, 3.63) is 41.5 Å². The zero-order valence-corrected chi connectivity index (χ0v) is 18.7. The summed E-state index contributed by atoms with van der Waals surface area (Å²) in [6, 6.07) is 10.2. The van der Waals surface area contributed by atoms with Gasteiger partial charge < -0.3 is 4.90 Å². The highest BCUT2D eigenvalue weighted by Crippen LogP contribution is 2.13. The van der Waals surface area contributed by atoms with E-state index in [1.807, 2.05) is 31.2 Å². The number of carbonyl (C=O) groups is 1. The topological polar surface area (TPSA) is 20.3 Å². The standard InChI is InChI=1S/C26H43NO/c1-4-6-8-10-12-17-21-27(22-18-13-11-9-7-5-2)26(28)24(3)23-25-19-15-14-16-20-25/h14-16,19-20,23H,4-13,17-18,21-22H2,1-3H3. The Morgan fingerprint density at radius 3 is 1.71 bits per heavy atom. The van der Waals surface area contributed by atoms with Gasteiger partial charge >= 0.3 is 0 Å². The second-order valence-electron chi connectivity index (χ2n) is 8.07. The van der Waals surface area contributed by atoms with Crippen LogP contribution in [0.2, 0.25) is 0 Å².